The molecule has 1 amide bonds. The standard InChI is InChI=1S/C37H35Cl2N7O5/c1-51-35-30(17-40-16-24-8-9-32(47)43-24)41-18-29(44-35)28-7-3-6-27(34(28)39)26-5-2-4-25(33(26)38)21-11-13-46-31(14-21)42-15-23(36(46)48)20-45-12-10-22(19-45)37(49)50/h2-7,11,13-15,18,22,24,40H,8-10,12,16-17,19-20H2,1H3,(H,43,47)(H,49,50)/t22-,24+/m1/s1. The highest BCUT2D eigenvalue weighted by Crippen LogP contribution is 2.42. The zero-order valence-corrected chi connectivity index (χ0v) is 29.2. The van der Waals surface area contributed by atoms with Gasteiger partial charge in [0.25, 0.3) is 5.56 Å². The second-order valence-electron chi connectivity index (χ2n) is 12.8. The molecule has 0 radical (unpaired) electrons. The number of aromatic nitrogens is 4. The van der Waals surface area contributed by atoms with Crippen LogP contribution in [0.3, 0.4) is 0 Å². The van der Waals surface area contributed by atoms with Gasteiger partial charge >= 0.3 is 5.97 Å². The molecule has 5 aromatic rings. The number of benzene rings is 2. The van der Waals surface area contributed by atoms with Crippen LogP contribution in [-0.2, 0) is 22.7 Å². The first kappa shape index (κ1) is 34.6. The molecule has 7 rings (SSSR count). The van der Waals surface area contributed by atoms with Crippen LogP contribution in [0.4, 0.5) is 0 Å². The van der Waals surface area contributed by atoms with Crippen molar-refractivity contribution in [2.45, 2.75) is 38.4 Å². The number of likely N-dealkylation sites (tertiary alicyclic amines) is 1. The molecule has 12 nitrogen and oxygen atoms in total. The van der Waals surface area contributed by atoms with E-state index in [2.05, 4.69) is 20.6 Å². The number of ether oxygens (including phenoxy) is 1. The third kappa shape index (κ3) is 7.18. The van der Waals surface area contributed by atoms with Crippen LogP contribution in [-0.4, -0.2) is 74.0 Å². The number of hydrogen-bond donors (Lipinski definition) is 3. The van der Waals surface area contributed by atoms with Gasteiger partial charge in [-0.2, -0.15) is 0 Å². The Balaban J connectivity index is 1.12. The molecular formula is C37H35Cl2N7O5. The Morgan fingerprint density at radius 3 is 2.47 bits per heavy atom. The van der Waals surface area contributed by atoms with Crippen molar-refractivity contribution in [3.05, 3.63) is 98.8 Å². The van der Waals surface area contributed by atoms with Gasteiger partial charge in [-0.25, -0.2) is 9.97 Å². The molecule has 14 heteroatoms. The second-order valence-corrected chi connectivity index (χ2v) is 13.5. The fourth-order valence-corrected chi connectivity index (χ4v) is 7.38. The molecule has 5 heterocycles. The summed E-state index contributed by atoms with van der Waals surface area (Å²) in [6.45, 7) is 2.42. The summed E-state index contributed by atoms with van der Waals surface area (Å²) in [6.07, 6.45) is 6.82. The Hall–Kier alpha value is -4.88. The Morgan fingerprint density at radius 2 is 1.76 bits per heavy atom. The van der Waals surface area contributed by atoms with E-state index in [0.29, 0.717) is 101 Å². The highest BCUT2D eigenvalue weighted by atomic mass is 35.5. The number of rotatable bonds is 11. The molecule has 2 atom stereocenters. The quantitative estimate of drug-likeness (QED) is 0.168. The van der Waals surface area contributed by atoms with Crippen LogP contribution < -0.4 is 20.9 Å². The minimum Gasteiger partial charge on any atom is -0.481 e. The van der Waals surface area contributed by atoms with Crippen molar-refractivity contribution in [2.24, 2.45) is 5.92 Å². The maximum atomic E-state index is 13.3. The van der Waals surface area contributed by atoms with Crippen LogP contribution >= 0.6 is 23.2 Å². The average molecular weight is 729 g/mol. The Bertz CT molecular complexity index is 2210. The van der Waals surface area contributed by atoms with Gasteiger partial charge in [0.1, 0.15) is 11.3 Å². The summed E-state index contributed by atoms with van der Waals surface area (Å²) < 4.78 is 7.07. The molecule has 3 aromatic heterocycles. The number of carboxylic acids is 1. The molecular weight excluding hydrogens is 693 g/mol. The lowest BCUT2D eigenvalue weighted by atomic mass is 9.97. The summed E-state index contributed by atoms with van der Waals surface area (Å²) in [4.78, 5) is 52.1. The van der Waals surface area contributed by atoms with Crippen LogP contribution in [0.25, 0.3) is 39.2 Å². The lowest BCUT2D eigenvalue weighted by Gasteiger charge is -2.16. The number of methoxy groups -OCH3 is 1. The molecule has 0 saturated carbocycles. The molecule has 0 aliphatic carbocycles. The molecule has 0 spiro atoms. The summed E-state index contributed by atoms with van der Waals surface area (Å²) >= 11 is 14.1. The number of fused-ring (bicyclic) bond motifs is 1. The minimum atomic E-state index is -0.811. The van der Waals surface area contributed by atoms with Gasteiger partial charge in [0.15, 0.2) is 0 Å². The number of halogens is 2. The second kappa shape index (κ2) is 14.8. The zero-order chi connectivity index (χ0) is 35.6. The van der Waals surface area contributed by atoms with Crippen molar-refractivity contribution in [3.63, 3.8) is 0 Å². The molecule has 0 bridgehead atoms. The highest BCUT2D eigenvalue weighted by molar-refractivity contribution is 6.39. The first-order chi connectivity index (χ1) is 24.7. The predicted octanol–water partition coefficient (Wildman–Crippen LogP) is 5.08. The predicted molar refractivity (Wildman–Crippen MR) is 194 cm³/mol. The molecule has 2 fully saturated rings. The van der Waals surface area contributed by atoms with Gasteiger partial charge in [0, 0.05) is 73.3 Å². The van der Waals surface area contributed by atoms with E-state index in [-0.39, 0.29) is 17.5 Å². The largest absolute Gasteiger partial charge is 0.481 e. The monoisotopic (exact) mass is 727 g/mol. The number of amides is 1. The van der Waals surface area contributed by atoms with E-state index in [0.717, 1.165) is 17.5 Å². The summed E-state index contributed by atoms with van der Waals surface area (Å²) in [6, 6.07) is 15.1. The number of carbonyl (C=O) groups is 2. The Labute approximate surface area is 303 Å². The number of nitrogens with zero attached hydrogens (tertiary/aromatic N) is 5. The molecule has 262 valence electrons. The topological polar surface area (TPSA) is 151 Å². The van der Waals surface area contributed by atoms with E-state index in [9.17, 15) is 19.5 Å². The molecule has 0 unspecified atom stereocenters. The zero-order valence-electron chi connectivity index (χ0n) is 27.7. The van der Waals surface area contributed by atoms with Crippen LogP contribution in [0.2, 0.25) is 10.0 Å². The third-order valence-corrected chi connectivity index (χ3v) is 10.3. The Morgan fingerprint density at radius 1 is 1.02 bits per heavy atom. The Kier molecular flexibility index (Phi) is 10.0. The van der Waals surface area contributed by atoms with Crippen molar-refractivity contribution < 1.29 is 19.4 Å². The molecule has 51 heavy (non-hydrogen) atoms. The number of aliphatic carboxylic acids is 1. The minimum absolute atomic E-state index is 0.0724. The van der Waals surface area contributed by atoms with Gasteiger partial charge < -0.3 is 20.5 Å². The van der Waals surface area contributed by atoms with Crippen molar-refractivity contribution in [2.75, 3.05) is 26.7 Å². The normalized spacial score (nSPS) is 17.6. The number of carboxylic acid groups (broad SMARTS) is 1. The smallest absolute Gasteiger partial charge is 0.307 e. The van der Waals surface area contributed by atoms with E-state index < -0.39 is 11.9 Å². The molecule has 3 N–H and O–H groups in total. The molecule has 2 aromatic carbocycles. The van der Waals surface area contributed by atoms with Gasteiger partial charge in [-0.05, 0) is 37.1 Å². The fraction of sp³-hybridized carbons (Fsp3) is 0.297. The van der Waals surface area contributed by atoms with Crippen molar-refractivity contribution in [3.8, 4) is 39.4 Å². The van der Waals surface area contributed by atoms with Crippen LogP contribution in [0, 0.1) is 5.92 Å². The van der Waals surface area contributed by atoms with Gasteiger partial charge in [-0.3, -0.25) is 28.7 Å². The van der Waals surface area contributed by atoms with E-state index in [1.807, 2.05) is 53.4 Å². The number of carbonyl (C=O) groups excluding carboxylic acids is 1. The van der Waals surface area contributed by atoms with E-state index in [4.69, 9.17) is 32.9 Å². The summed E-state index contributed by atoms with van der Waals surface area (Å²) in [7, 11) is 1.54. The number of hydrogen-bond acceptors (Lipinski definition) is 9. The summed E-state index contributed by atoms with van der Waals surface area (Å²) in [5.41, 5.74) is 5.53. The van der Waals surface area contributed by atoms with Crippen molar-refractivity contribution in [1.82, 2.24) is 34.9 Å². The molecule has 2 aliphatic heterocycles. The lowest BCUT2D eigenvalue weighted by Crippen LogP contribution is -2.35. The fourth-order valence-electron chi connectivity index (χ4n) is 6.72. The summed E-state index contributed by atoms with van der Waals surface area (Å²) in [5.74, 6) is -0.785. The van der Waals surface area contributed by atoms with Crippen molar-refractivity contribution >= 4 is 40.7 Å². The highest BCUT2D eigenvalue weighted by Gasteiger charge is 2.28. The lowest BCUT2D eigenvalue weighted by molar-refractivity contribution is -0.141. The molecule has 2 aliphatic rings. The number of nitrogens with one attached hydrogen (secondary N) is 2. The maximum absolute atomic E-state index is 13.3. The first-order valence-corrected chi connectivity index (χ1v) is 17.4. The SMILES string of the molecule is COc1nc(-c2cccc(-c3cccc(-c4ccn5c(=O)c(CN6CC[C@@H](C(=O)O)C6)cnc5c4)c3Cl)c2Cl)cnc1CNC[C@@H]1CCC(=O)N1. The van der Waals surface area contributed by atoms with Crippen LogP contribution in [0.1, 0.15) is 30.5 Å². The first-order valence-electron chi connectivity index (χ1n) is 16.6. The van der Waals surface area contributed by atoms with Gasteiger partial charge in [-0.1, -0.05) is 59.6 Å². The van der Waals surface area contributed by atoms with Crippen LogP contribution in [0.5, 0.6) is 5.88 Å². The van der Waals surface area contributed by atoms with E-state index in [1.165, 1.54) is 4.40 Å². The van der Waals surface area contributed by atoms with Gasteiger partial charge in [0.05, 0.1) is 40.5 Å². The van der Waals surface area contributed by atoms with E-state index in [1.54, 1.807) is 25.7 Å². The number of pyridine rings is 1. The summed E-state index contributed by atoms with van der Waals surface area (Å²) in [5, 5.41) is 16.5. The average Bonchev–Trinajstić information content (AvgIpc) is 3.79. The van der Waals surface area contributed by atoms with Gasteiger partial charge in [-0.15, -0.1) is 0 Å². The molecule has 2 saturated heterocycles. The maximum Gasteiger partial charge on any atom is 0.307 e. The van der Waals surface area contributed by atoms with Crippen LogP contribution in [0.15, 0.2) is 71.9 Å². The van der Waals surface area contributed by atoms with Gasteiger partial charge in [0.2, 0.25) is 11.8 Å². The third-order valence-electron chi connectivity index (χ3n) is 9.44. The van der Waals surface area contributed by atoms with Crippen molar-refractivity contribution in [1.29, 1.82) is 0 Å². The van der Waals surface area contributed by atoms with E-state index >= 15 is 0 Å².